The number of piperidine rings is 4. The zero-order valence-corrected chi connectivity index (χ0v) is 15.3. The van der Waals surface area contributed by atoms with E-state index in [1.807, 2.05) is 0 Å². The van der Waals surface area contributed by atoms with Crippen molar-refractivity contribution in [2.24, 2.45) is 17.3 Å². The molecule has 6 fully saturated rings. The fraction of sp³-hybridized carbons (Fsp3) is 1.00. The maximum atomic E-state index is 3.00. The quantitative estimate of drug-likeness (QED) is 0.676. The van der Waals surface area contributed by atoms with Crippen LogP contribution in [0.25, 0.3) is 0 Å². The van der Waals surface area contributed by atoms with Gasteiger partial charge in [0.1, 0.15) is 0 Å². The second kappa shape index (κ2) is 5.44. The van der Waals surface area contributed by atoms with Crippen molar-refractivity contribution >= 4 is 0 Å². The molecule has 0 aromatic rings. The molecule has 1 aliphatic carbocycles. The van der Waals surface area contributed by atoms with Crippen molar-refractivity contribution in [2.45, 2.75) is 82.3 Å². The normalized spacial score (nSPS) is 52.2. The van der Waals surface area contributed by atoms with Gasteiger partial charge in [0.05, 0.1) is 6.67 Å². The van der Waals surface area contributed by atoms with Gasteiger partial charge in [0, 0.05) is 30.1 Å². The molecule has 5 heterocycles. The topological polar surface area (TPSA) is 9.72 Å². The molecule has 0 N–H and O–H groups in total. The first-order chi connectivity index (χ1) is 11.9. The second-order valence-corrected chi connectivity index (χ2v) is 10.1. The van der Waals surface area contributed by atoms with E-state index in [0.29, 0.717) is 5.41 Å². The summed E-state index contributed by atoms with van der Waals surface area (Å²) >= 11 is 0. The maximum absolute atomic E-state index is 3.00. The molecule has 5 saturated heterocycles. The van der Waals surface area contributed by atoms with E-state index < -0.39 is 0 Å². The number of fused-ring (bicyclic) bond motifs is 4. The molecule has 3 nitrogen and oxygen atoms in total. The Bertz CT molecular complexity index is 507. The molecule has 6 rings (SSSR count). The average Bonchev–Trinajstić information content (AvgIpc) is 2.62. The predicted octanol–water partition coefficient (Wildman–Crippen LogP) is 3.16. The van der Waals surface area contributed by atoms with Crippen molar-refractivity contribution < 1.29 is 0 Å². The van der Waals surface area contributed by atoms with Crippen molar-refractivity contribution in [3.8, 4) is 0 Å². The van der Waals surface area contributed by atoms with E-state index in [4.69, 9.17) is 0 Å². The van der Waals surface area contributed by atoms with Gasteiger partial charge in [-0.25, -0.2) is 0 Å². The molecular weight excluding hydrogens is 294 g/mol. The fourth-order valence-electron chi connectivity index (χ4n) is 8.53. The van der Waals surface area contributed by atoms with E-state index in [1.54, 1.807) is 19.3 Å². The Morgan fingerprint density at radius 2 is 1.54 bits per heavy atom. The van der Waals surface area contributed by atoms with Gasteiger partial charge in [-0.05, 0) is 82.8 Å². The highest BCUT2D eigenvalue weighted by molar-refractivity contribution is 5.16. The van der Waals surface area contributed by atoms with Crippen molar-refractivity contribution in [1.82, 2.24) is 14.7 Å². The standard InChI is InChI=1S/C21H35N3/c1-3-9-22-14-21-13-17(18(22)7-1)12-16-6-5-11-24(20(16)21)15-23-10-4-2-8-19(21)23/h16-20H,1-15H2. The van der Waals surface area contributed by atoms with Crippen molar-refractivity contribution in [3.05, 3.63) is 0 Å². The van der Waals surface area contributed by atoms with E-state index in [1.165, 1.54) is 77.8 Å². The zero-order chi connectivity index (χ0) is 15.7. The van der Waals surface area contributed by atoms with Crippen molar-refractivity contribution in [1.29, 1.82) is 0 Å². The van der Waals surface area contributed by atoms with Gasteiger partial charge in [0.15, 0.2) is 0 Å². The molecule has 3 heteroatoms. The van der Waals surface area contributed by atoms with Gasteiger partial charge < -0.3 is 0 Å². The van der Waals surface area contributed by atoms with E-state index in [-0.39, 0.29) is 0 Å². The van der Waals surface area contributed by atoms with Crippen LogP contribution in [0.4, 0.5) is 0 Å². The van der Waals surface area contributed by atoms with Crippen LogP contribution in [0.1, 0.15) is 64.2 Å². The SMILES string of the molecule is C1CCN2CC34CC(CC5CCCN(CN6CCCCC63)C54)C2C1. The van der Waals surface area contributed by atoms with E-state index in [9.17, 15) is 0 Å². The monoisotopic (exact) mass is 329 g/mol. The summed E-state index contributed by atoms with van der Waals surface area (Å²) in [6, 6.07) is 2.81. The average molecular weight is 330 g/mol. The number of nitrogens with zero attached hydrogens (tertiary/aromatic N) is 3. The summed E-state index contributed by atoms with van der Waals surface area (Å²) in [6.45, 7) is 6.94. The Hall–Kier alpha value is -0.120. The first-order valence-corrected chi connectivity index (χ1v) is 11.1. The summed E-state index contributed by atoms with van der Waals surface area (Å²) in [5.41, 5.74) is 0.626. The van der Waals surface area contributed by atoms with Crippen LogP contribution < -0.4 is 0 Å². The van der Waals surface area contributed by atoms with Gasteiger partial charge in [-0.2, -0.15) is 0 Å². The van der Waals surface area contributed by atoms with Crippen LogP contribution in [-0.4, -0.2) is 65.7 Å². The molecule has 5 aliphatic heterocycles. The zero-order valence-electron chi connectivity index (χ0n) is 15.3. The molecule has 1 saturated carbocycles. The van der Waals surface area contributed by atoms with Crippen molar-refractivity contribution in [2.75, 3.05) is 32.8 Å². The molecule has 1 spiro atoms. The van der Waals surface area contributed by atoms with Crippen LogP contribution in [0.15, 0.2) is 0 Å². The summed E-state index contributed by atoms with van der Waals surface area (Å²) in [5, 5.41) is 0. The van der Waals surface area contributed by atoms with Gasteiger partial charge in [0.25, 0.3) is 0 Å². The van der Waals surface area contributed by atoms with Gasteiger partial charge in [-0.3, -0.25) is 14.7 Å². The highest BCUT2D eigenvalue weighted by atomic mass is 15.4. The Kier molecular flexibility index (Phi) is 3.40. The van der Waals surface area contributed by atoms with Crippen molar-refractivity contribution in [3.63, 3.8) is 0 Å². The largest absolute Gasteiger partial charge is 0.299 e. The fourth-order valence-corrected chi connectivity index (χ4v) is 8.53. The summed E-state index contributed by atoms with van der Waals surface area (Å²) < 4.78 is 0. The Balaban J connectivity index is 1.43. The predicted molar refractivity (Wildman–Crippen MR) is 96.8 cm³/mol. The Labute approximate surface area is 147 Å². The molecule has 24 heavy (non-hydrogen) atoms. The van der Waals surface area contributed by atoms with Gasteiger partial charge in [-0.1, -0.05) is 12.8 Å². The van der Waals surface area contributed by atoms with Crippen LogP contribution in [0.5, 0.6) is 0 Å². The molecule has 0 amide bonds. The Morgan fingerprint density at radius 1 is 0.708 bits per heavy atom. The molecule has 134 valence electrons. The van der Waals surface area contributed by atoms with Gasteiger partial charge in [-0.15, -0.1) is 0 Å². The molecule has 6 aliphatic rings. The third-order valence-electron chi connectivity index (χ3n) is 9.04. The summed E-state index contributed by atoms with van der Waals surface area (Å²) in [4.78, 5) is 8.91. The second-order valence-electron chi connectivity index (χ2n) is 10.1. The highest BCUT2D eigenvalue weighted by Crippen LogP contribution is 2.59. The molecule has 6 atom stereocenters. The number of rotatable bonds is 0. The third-order valence-corrected chi connectivity index (χ3v) is 9.04. The van der Waals surface area contributed by atoms with Gasteiger partial charge >= 0.3 is 0 Å². The highest BCUT2D eigenvalue weighted by Gasteiger charge is 2.63. The lowest BCUT2D eigenvalue weighted by Gasteiger charge is -2.70. The lowest BCUT2D eigenvalue weighted by molar-refractivity contribution is -0.215. The molecule has 0 aromatic heterocycles. The van der Waals surface area contributed by atoms with Crippen LogP contribution >= 0.6 is 0 Å². The molecule has 0 aromatic carbocycles. The minimum Gasteiger partial charge on any atom is -0.299 e. The molecule has 2 bridgehead atoms. The smallest absolute Gasteiger partial charge is 0.0512 e. The van der Waals surface area contributed by atoms with Crippen LogP contribution in [0, 0.1) is 17.3 Å². The lowest BCUT2D eigenvalue weighted by Crippen LogP contribution is -2.77. The van der Waals surface area contributed by atoms with Crippen LogP contribution in [0.3, 0.4) is 0 Å². The maximum Gasteiger partial charge on any atom is 0.0512 e. The lowest BCUT2D eigenvalue weighted by atomic mass is 9.51. The Morgan fingerprint density at radius 3 is 2.50 bits per heavy atom. The number of hydrogen-bond donors (Lipinski definition) is 0. The van der Waals surface area contributed by atoms with Gasteiger partial charge in [0.2, 0.25) is 0 Å². The molecule has 0 radical (unpaired) electrons. The number of hydrogen-bond acceptors (Lipinski definition) is 3. The molecular formula is C21H35N3. The summed E-state index contributed by atoms with van der Waals surface area (Å²) in [5.74, 6) is 2.06. The van der Waals surface area contributed by atoms with E-state index >= 15 is 0 Å². The minimum atomic E-state index is 0.626. The first-order valence-electron chi connectivity index (χ1n) is 11.1. The minimum absolute atomic E-state index is 0.626. The summed E-state index contributed by atoms with van der Waals surface area (Å²) in [7, 11) is 0. The van der Waals surface area contributed by atoms with Crippen LogP contribution in [-0.2, 0) is 0 Å². The summed E-state index contributed by atoms with van der Waals surface area (Å²) in [6.07, 6.45) is 15.1. The van der Waals surface area contributed by atoms with E-state index in [2.05, 4.69) is 14.7 Å². The third kappa shape index (κ3) is 1.95. The molecule has 6 unspecified atom stereocenters. The first kappa shape index (κ1) is 15.0. The van der Waals surface area contributed by atoms with Crippen LogP contribution in [0.2, 0.25) is 0 Å². The van der Waals surface area contributed by atoms with E-state index in [0.717, 1.165) is 30.0 Å².